The number of aromatic amines is 1. The number of aryl methyl sites for hydroxylation is 1. The molecule has 0 bridgehead atoms. The zero-order chi connectivity index (χ0) is 13.1. The molecule has 1 amide bonds. The minimum absolute atomic E-state index is 0.207. The van der Waals surface area contributed by atoms with Gasteiger partial charge in [-0.1, -0.05) is 15.9 Å². The maximum atomic E-state index is 12.0. The van der Waals surface area contributed by atoms with Crippen LogP contribution in [0.3, 0.4) is 0 Å². The summed E-state index contributed by atoms with van der Waals surface area (Å²) in [5.41, 5.74) is 1.91. The first kappa shape index (κ1) is 12.6. The number of carbonyl (C=O) groups excluding carboxylic acids is 1. The van der Waals surface area contributed by atoms with E-state index in [1.165, 1.54) is 6.20 Å². The third kappa shape index (κ3) is 2.70. The Morgan fingerprint density at radius 3 is 2.83 bits per heavy atom. The molecule has 2 aromatic rings. The molecule has 0 aliphatic carbocycles. The van der Waals surface area contributed by atoms with E-state index >= 15 is 0 Å². The van der Waals surface area contributed by atoms with Crippen LogP contribution < -0.4 is 10.1 Å². The van der Waals surface area contributed by atoms with Gasteiger partial charge in [-0.25, -0.2) is 0 Å². The molecule has 0 unspecified atom stereocenters. The fraction of sp³-hybridized carbons (Fsp3) is 0.167. The molecule has 2 rings (SSSR count). The smallest absolute Gasteiger partial charge is 0.259 e. The highest BCUT2D eigenvalue weighted by atomic mass is 79.9. The summed E-state index contributed by atoms with van der Waals surface area (Å²) in [5.74, 6) is 0.463. The zero-order valence-corrected chi connectivity index (χ0v) is 11.5. The molecule has 6 heteroatoms. The average molecular weight is 310 g/mol. The highest BCUT2D eigenvalue weighted by Gasteiger charge is 2.11. The Morgan fingerprint density at radius 1 is 1.44 bits per heavy atom. The van der Waals surface area contributed by atoms with Crippen molar-refractivity contribution in [2.75, 3.05) is 12.4 Å². The van der Waals surface area contributed by atoms with Gasteiger partial charge in [-0.05, 0) is 19.1 Å². The molecule has 5 nitrogen and oxygen atoms in total. The number of carbonyl (C=O) groups is 1. The molecule has 1 heterocycles. The molecular weight excluding hydrogens is 298 g/mol. The van der Waals surface area contributed by atoms with Crippen molar-refractivity contribution in [2.45, 2.75) is 6.92 Å². The number of ether oxygens (including phenoxy) is 1. The van der Waals surface area contributed by atoms with Crippen LogP contribution in [0.15, 0.2) is 28.9 Å². The molecule has 0 radical (unpaired) electrons. The number of hydrogen-bond acceptors (Lipinski definition) is 3. The van der Waals surface area contributed by atoms with Gasteiger partial charge in [0.25, 0.3) is 5.91 Å². The lowest BCUT2D eigenvalue weighted by Crippen LogP contribution is -2.12. The average Bonchev–Trinajstić information content (AvgIpc) is 2.74. The molecule has 1 aromatic carbocycles. The number of aromatic nitrogens is 2. The molecule has 0 aliphatic rings. The number of nitrogens with zero attached hydrogens (tertiary/aromatic N) is 1. The normalized spacial score (nSPS) is 10.2. The standard InChI is InChI=1S/C12H12BrN3O2/c1-7-11(6-14-16-7)12(17)15-9-3-8(13)4-10(5-9)18-2/h3-6H,1-2H3,(H,14,16)(H,15,17). The van der Waals surface area contributed by atoms with Crippen LogP contribution in [-0.2, 0) is 0 Å². The van der Waals surface area contributed by atoms with Gasteiger partial charge < -0.3 is 10.1 Å². The fourth-order valence-corrected chi connectivity index (χ4v) is 2.00. The van der Waals surface area contributed by atoms with Gasteiger partial charge >= 0.3 is 0 Å². The number of halogens is 1. The summed E-state index contributed by atoms with van der Waals surface area (Å²) in [6, 6.07) is 5.37. The van der Waals surface area contributed by atoms with Gasteiger partial charge in [0.05, 0.1) is 18.9 Å². The highest BCUT2D eigenvalue weighted by molar-refractivity contribution is 9.10. The molecule has 1 aromatic heterocycles. The van der Waals surface area contributed by atoms with E-state index in [4.69, 9.17) is 4.74 Å². The van der Waals surface area contributed by atoms with Crippen LogP contribution in [0.1, 0.15) is 16.1 Å². The van der Waals surface area contributed by atoms with Crippen molar-refractivity contribution in [2.24, 2.45) is 0 Å². The van der Waals surface area contributed by atoms with E-state index in [-0.39, 0.29) is 5.91 Å². The third-order valence-corrected chi connectivity index (χ3v) is 2.90. The first-order chi connectivity index (χ1) is 8.60. The van der Waals surface area contributed by atoms with Crippen molar-refractivity contribution in [3.05, 3.63) is 40.1 Å². The third-order valence-electron chi connectivity index (χ3n) is 2.44. The Balaban J connectivity index is 2.22. The van der Waals surface area contributed by atoms with E-state index in [2.05, 4.69) is 31.4 Å². The first-order valence-corrected chi connectivity index (χ1v) is 6.05. The number of hydrogen-bond donors (Lipinski definition) is 2. The molecule has 0 spiro atoms. The molecule has 0 atom stereocenters. The predicted molar refractivity (Wildman–Crippen MR) is 72.0 cm³/mol. The first-order valence-electron chi connectivity index (χ1n) is 5.26. The molecule has 18 heavy (non-hydrogen) atoms. The summed E-state index contributed by atoms with van der Waals surface area (Å²) < 4.78 is 5.97. The Kier molecular flexibility index (Phi) is 3.66. The minimum Gasteiger partial charge on any atom is -0.497 e. The van der Waals surface area contributed by atoms with E-state index in [0.717, 1.165) is 10.2 Å². The molecule has 0 fully saturated rings. The lowest BCUT2D eigenvalue weighted by atomic mass is 10.2. The van der Waals surface area contributed by atoms with Crippen molar-refractivity contribution in [1.82, 2.24) is 10.2 Å². The molecule has 94 valence electrons. The van der Waals surface area contributed by atoms with Crippen molar-refractivity contribution in [3.8, 4) is 5.75 Å². The summed E-state index contributed by atoms with van der Waals surface area (Å²) in [5, 5.41) is 9.33. The van der Waals surface area contributed by atoms with Gasteiger partial charge in [-0.15, -0.1) is 0 Å². The topological polar surface area (TPSA) is 67.0 Å². The second-order valence-corrected chi connectivity index (χ2v) is 4.66. The van der Waals surface area contributed by atoms with Crippen LogP contribution in [0.25, 0.3) is 0 Å². The maximum absolute atomic E-state index is 12.0. The lowest BCUT2D eigenvalue weighted by molar-refractivity contribution is 0.102. The summed E-state index contributed by atoms with van der Waals surface area (Å²) in [7, 11) is 1.58. The van der Waals surface area contributed by atoms with E-state index in [0.29, 0.717) is 17.0 Å². The van der Waals surface area contributed by atoms with Gasteiger partial charge in [0.2, 0.25) is 0 Å². The number of anilines is 1. The largest absolute Gasteiger partial charge is 0.497 e. The summed E-state index contributed by atoms with van der Waals surface area (Å²) in [6.07, 6.45) is 1.50. The van der Waals surface area contributed by atoms with Crippen molar-refractivity contribution < 1.29 is 9.53 Å². The molecular formula is C12H12BrN3O2. The van der Waals surface area contributed by atoms with E-state index in [1.807, 2.05) is 6.07 Å². The Bertz CT molecular complexity index is 580. The van der Waals surface area contributed by atoms with Crippen LogP contribution in [0.2, 0.25) is 0 Å². The lowest BCUT2D eigenvalue weighted by Gasteiger charge is -2.07. The van der Waals surface area contributed by atoms with Gasteiger partial charge in [-0.3, -0.25) is 9.89 Å². The van der Waals surface area contributed by atoms with Gasteiger partial charge in [0.15, 0.2) is 0 Å². The number of H-pyrrole nitrogens is 1. The Morgan fingerprint density at radius 2 is 2.22 bits per heavy atom. The molecule has 0 saturated carbocycles. The zero-order valence-electron chi connectivity index (χ0n) is 9.95. The SMILES string of the molecule is COc1cc(Br)cc(NC(=O)c2cn[nH]c2C)c1. The molecule has 0 saturated heterocycles. The van der Waals surface area contributed by atoms with Crippen LogP contribution in [0.4, 0.5) is 5.69 Å². The predicted octanol–water partition coefficient (Wildman–Crippen LogP) is 2.74. The summed E-state index contributed by atoms with van der Waals surface area (Å²) in [4.78, 5) is 12.0. The van der Waals surface area contributed by atoms with Crippen LogP contribution in [0, 0.1) is 6.92 Å². The molecule has 0 aliphatic heterocycles. The second kappa shape index (κ2) is 5.22. The fourth-order valence-electron chi connectivity index (χ4n) is 1.53. The number of rotatable bonds is 3. The molecule has 2 N–H and O–H groups in total. The Labute approximate surface area is 113 Å². The minimum atomic E-state index is -0.207. The number of nitrogens with one attached hydrogen (secondary N) is 2. The van der Waals surface area contributed by atoms with E-state index < -0.39 is 0 Å². The Hall–Kier alpha value is -1.82. The van der Waals surface area contributed by atoms with Crippen molar-refractivity contribution >= 4 is 27.5 Å². The van der Waals surface area contributed by atoms with E-state index in [9.17, 15) is 4.79 Å². The van der Waals surface area contributed by atoms with Crippen LogP contribution >= 0.6 is 15.9 Å². The quantitative estimate of drug-likeness (QED) is 0.916. The monoisotopic (exact) mass is 309 g/mol. The van der Waals surface area contributed by atoms with Gasteiger partial charge in [0.1, 0.15) is 5.75 Å². The van der Waals surface area contributed by atoms with E-state index in [1.54, 1.807) is 26.2 Å². The highest BCUT2D eigenvalue weighted by Crippen LogP contribution is 2.24. The number of methoxy groups -OCH3 is 1. The van der Waals surface area contributed by atoms with Crippen LogP contribution in [0.5, 0.6) is 5.75 Å². The van der Waals surface area contributed by atoms with Gasteiger partial charge in [0, 0.05) is 21.9 Å². The summed E-state index contributed by atoms with van der Waals surface area (Å²) in [6.45, 7) is 1.80. The number of amides is 1. The van der Waals surface area contributed by atoms with Crippen molar-refractivity contribution in [1.29, 1.82) is 0 Å². The van der Waals surface area contributed by atoms with Crippen LogP contribution in [-0.4, -0.2) is 23.2 Å². The van der Waals surface area contributed by atoms with Crippen molar-refractivity contribution in [3.63, 3.8) is 0 Å². The second-order valence-electron chi connectivity index (χ2n) is 3.74. The van der Waals surface area contributed by atoms with Gasteiger partial charge in [-0.2, -0.15) is 5.10 Å². The maximum Gasteiger partial charge on any atom is 0.259 e. The number of benzene rings is 1. The summed E-state index contributed by atoms with van der Waals surface area (Å²) >= 11 is 3.36.